The molecule has 6 nitrogen and oxygen atoms in total. The van der Waals surface area contributed by atoms with E-state index in [4.69, 9.17) is 16.3 Å². The molecule has 128 valence electrons. The van der Waals surface area contributed by atoms with Gasteiger partial charge in [-0.2, -0.15) is 4.98 Å². The molecule has 0 radical (unpaired) electrons. The van der Waals surface area contributed by atoms with E-state index in [1.807, 2.05) is 72.8 Å². The lowest BCUT2D eigenvalue weighted by atomic mass is 10.0. The topological polar surface area (TPSA) is 99.1 Å². The van der Waals surface area contributed by atoms with Crippen molar-refractivity contribution < 1.29 is 4.74 Å². The number of nitrogen functional groups attached to an aromatic ring is 2. The molecule has 1 aromatic heterocycles. The summed E-state index contributed by atoms with van der Waals surface area (Å²) < 4.78 is 5.83. The largest absolute Gasteiger partial charge is 0.457 e. The zero-order valence-electron chi connectivity index (χ0n) is 13.9. The van der Waals surface area contributed by atoms with Crippen molar-refractivity contribution in [1.82, 2.24) is 9.97 Å². The molecule has 0 saturated heterocycles. The highest BCUT2D eigenvalue weighted by Gasteiger charge is 2.08. The van der Waals surface area contributed by atoms with Gasteiger partial charge in [0.05, 0.1) is 5.52 Å². The second kappa shape index (κ2) is 6.70. The number of nitrogens with two attached hydrogens (primary N) is 2. The van der Waals surface area contributed by atoms with Crippen LogP contribution in [0, 0.1) is 0 Å². The number of fused-ring (bicyclic) bond motifs is 1. The van der Waals surface area contributed by atoms with Crippen molar-refractivity contribution >= 4 is 22.7 Å². The summed E-state index contributed by atoms with van der Waals surface area (Å²) >= 11 is 0. The SMILES string of the molecule is NNc1nc(N)nc2ccc(-c3ccc(Oc4ccccc4)cc3)cc12. The van der Waals surface area contributed by atoms with Crippen molar-refractivity contribution in [2.45, 2.75) is 0 Å². The summed E-state index contributed by atoms with van der Waals surface area (Å²) in [5.74, 6) is 7.82. The summed E-state index contributed by atoms with van der Waals surface area (Å²) in [5.41, 5.74) is 11.1. The monoisotopic (exact) mass is 343 g/mol. The standard InChI is InChI=1S/C20H17N5O/c21-20-23-18-11-8-14(12-17(18)19(24-20)25-22)13-6-9-16(10-7-13)26-15-4-2-1-3-5-15/h1-12H,22H2,(H3,21,23,24,25). The Morgan fingerprint density at radius 2 is 1.46 bits per heavy atom. The molecule has 0 aliphatic rings. The van der Waals surface area contributed by atoms with E-state index in [-0.39, 0.29) is 5.95 Å². The fourth-order valence-electron chi connectivity index (χ4n) is 2.78. The number of ether oxygens (including phenoxy) is 1. The lowest BCUT2D eigenvalue weighted by Crippen LogP contribution is -2.11. The molecule has 5 N–H and O–H groups in total. The van der Waals surface area contributed by atoms with Crippen LogP contribution in [0.1, 0.15) is 0 Å². The minimum atomic E-state index is 0.181. The molecule has 0 atom stereocenters. The lowest BCUT2D eigenvalue weighted by Gasteiger charge is -2.09. The normalized spacial score (nSPS) is 10.7. The van der Waals surface area contributed by atoms with Gasteiger partial charge in [0.1, 0.15) is 11.5 Å². The number of para-hydroxylation sites is 1. The van der Waals surface area contributed by atoms with E-state index in [2.05, 4.69) is 15.4 Å². The summed E-state index contributed by atoms with van der Waals surface area (Å²) in [6.07, 6.45) is 0. The number of benzene rings is 3. The van der Waals surface area contributed by atoms with E-state index in [1.54, 1.807) is 0 Å². The smallest absolute Gasteiger partial charge is 0.222 e. The first kappa shape index (κ1) is 15.9. The molecule has 0 unspecified atom stereocenters. The van der Waals surface area contributed by atoms with Gasteiger partial charge in [0.2, 0.25) is 5.95 Å². The minimum absolute atomic E-state index is 0.181. The van der Waals surface area contributed by atoms with Crippen LogP contribution in [0.5, 0.6) is 11.5 Å². The zero-order valence-corrected chi connectivity index (χ0v) is 13.9. The molecule has 0 amide bonds. The zero-order chi connectivity index (χ0) is 17.9. The van der Waals surface area contributed by atoms with Gasteiger partial charge < -0.3 is 15.9 Å². The number of nitrogens with zero attached hydrogens (tertiary/aromatic N) is 2. The summed E-state index contributed by atoms with van der Waals surface area (Å²) in [6, 6.07) is 23.4. The Kier molecular flexibility index (Phi) is 4.09. The van der Waals surface area contributed by atoms with Crippen molar-refractivity contribution in [3.8, 4) is 22.6 Å². The molecule has 0 fully saturated rings. The molecule has 0 spiro atoms. The van der Waals surface area contributed by atoms with Gasteiger partial charge in [0.25, 0.3) is 0 Å². The quantitative estimate of drug-likeness (QED) is 0.383. The molecule has 4 rings (SSSR count). The third kappa shape index (κ3) is 3.13. The number of hydrogen-bond acceptors (Lipinski definition) is 6. The number of nitrogens with one attached hydrogen (secondary N) is 1. The molecular weight excluding hydrogens is 326 g/mol. The fourth-order valence-corrected chi connectivity index (χ4v) is 2.78. The number of rotatable bonds is 4. The lowest BCUT2D eigenvalue weighted by molar-refractivity contribution is 0.483. The summed E-state index contributed by atoms with van der Waals surface area (Å²) in [5, 5.41) is 0.809. The highest BCUT2D eigenvalue weighted by molar-refractivity contribution is 5.93. The molecule has 0 aliphatic heterocycles. The Labute approximate surface area is 150 Å². The van der Waals surface area contributed by atoms with Gasteiger partial charge in [0, 0.05) is 5.39 Å². The van der Waals surface area contributed by atoms with Crippen molar-refractivity contribution in [2.75, 3.05) is 11.2 Å². The number of hydrogen-bond donors (Lipinski definition) is 3. The van der Waals surface area contributed by atoms with E-state index in [9.17, 15) is 0 Å². The van der Waals surface area contributed by atoms with Gasteiger partial charge in [-0.25, -0.2) is 10.8 Å². The Hall–Kier alpha value is -3.64. The molecule has 6 heteroatoms. The van der Waals surface area contributed by atoms with Crippen LogP contribution in [0.3, 0.4) is 0 Å². The first-order valence-corrected chi connectivity index (χ1v) is 8.10. The predicted molar refractivity (Wildman–Crippen MR) is 104 cm³/mol. The first-order chi connectivity index (χ1) is 12.7. The second-order valence-corrected chi connectivity index (χ2v) is 5.75. The van der Waals surface area contributed by atoms with E-state index in [0.29, 0.717) is 5.82 Å². The number of anilines is 2. The molecule has 4 aromatic rings. The Morgan fingerprint density at radius 1 is 0.769 bits per heavy atom. The van der Waals surface area contributed by atoms with E-state index in [1.165, 1.54) is 0 Å². The molecule has 1 heterocycles. The average Bonchev–Trinajstić information content (AvgIpc) is 2.68. The number of aromatic nitrogens is 2. The van der Waals surface area contributed by atoms with Crippen molar-refractivity contribution in [2.24, 2.45) is 5.84 Å². The molecule has 3 aromatic carbocycles. The Balaban J connectivity index is 1.66. The van der Waals surface area contributed by atoms with Gasteiger partial charge in [-0.3, -0.25) is 0 Å². The second-order valence-electron chi connectivity index (χ2n) is 5.75. The van der Waals surface area contributed by atoms with Crippen LogP contribution < -0.4 is 21.7 Å². The Bertz CT molecular complexity index is 1050. The van der Waals surface area contributed by atoms with Crippen LogP contribution in [0.2, 0.25) is 0 Å². The van der Waals surface area contributed by atoms with Crippen LogP contribution >= 0.6 is 0 Å². The molecular formula is C20H17N5O. The molecule has 0 aliphatic carbocycles. The average molecular weight is 343 g/mol. The maximum absolute atomic E-state index is 5.83. The highest BCUT2D eigenvalue weighted by Crippen LogP contribution is 2.29. The maximum atomic E-state index is 5.83. The fraction of sp³-hybridized carbons (Fsp3) is 0. The summed E-state index contributed by atoms with van der Waals surface area (Å²) in [4.78, 5) is 8.36. The van der Waals surface area contributed by atoms with Gasteiger partial charge in [0.15, 0.2) is 5.82 Å². The minimum Gasteiger partial charge on any atom is -0.457 e. The van der Waals surface area contributed by atoms with Gasteiger partial charge in [-0.05, 0) is 47.5 Å². The van der Waals surface area contributed by atoms with Crippen molar-refractivity contribution in [1.29, 1.82) is 0 Å². The molecule has 0 bridgehead atoms. The Morgan fingerprint density at radius 3 is 2.19 bits per heavy atom. The maximum Gasteiger partial charge on any atom is 0.222 e. The van der Waals surface area contributed by atoms with E-state index in [0.717, 1.165) is 33.5 Å². The van der Waals surface area contributed by atoms with E-state index >= 15 is 0 Å². The predicted octanol–water partition coefficient (Wildman–Crippen LogP) is 3.96. The number of hydrazine groups is 1. The molecule has 26 heavy (non-hydrogen) atoms. The van der Waals surface area contributed by atoms with Crippen LogP contribution in [-0.2, 0) is 0 Å². The van der Waals surface area contributed by atoms with Crippen LogP contribution in [0.4, 0.5) is 11.8 Å². The van der Waals surface area contributed by atoms with Gasteiger partial charge >= 0.3 is 0 Å². The van der Waals surface area contributed by atoms with Gasteiger partial charge in [-0.15, -0.1) is 0 Å². The first-order valence-electron chi connectivity index (χ1n) is 8.10. The van der Waals surface area contributed by atoms with Gasteiger partial charge in [-0.1, -0.05) is 36.4 Å². The highest BCUT2D eigenvalue weighted by atomic mass is 16.5. The van der Waals surface area contributed by atoms with Crippen molar-refractivity contribution in [3.63, 3.8) is 0 Å². The third-order valence-electron chi connectivity index (χ3n) is 4.02. The van der Waals surface area contributed by atoms with Crippen LogP contribution in [-0.4, -0.2) is 9.97 Å². The summed E-state index contributed by atoms with van der Waals surface area (Å²) in [7, 11) is 0. The van der Waals surface area contributed by atoms with Crippen LogP contribution in [0.25, 0.3) is 22.0 Å². The van der Waals surface area contributed by atoms with Crippen LogP contribution in [0.15, 0.2) is 72.8 Å². The van der Waals surface area contributed by atoms with E-state index < -0.39 is 0 Å². The van der Waals surface area contributed by atoms with Crippen molar-refractivity contribution in [3.05, 3.63) is 72.8 Å². The summed E-state index contributed by atoms with van der Waals surface area (Å²) in [6.45, 7) is 0. The molecule has 0 saturated carbocycles. The third-order valence-corrected chi connectivity index (χ3v) is 4.02.